The molecule has 0 spiro atoms. The van der Waals surface area contributed by atoms with E-state index in [0.29, 0.717) is 5.04 Å². The predicted octanol–water partition coefficient (Wildman–Crippen LogP) is 0.854. The van der Waals surface area contributed by atoms with Gasteiger partial charge in [-0.05, 0) is 11.5 Å². The van der Waals surface area contributed by atoms with Crippen LogP contribution in [-0.2, 0) is 0 Å². The Bertz CT molecular complexity index is 96.1. The van der Waals surface area contributed by atoms with Crippen LogP contribution in [0.5, 0.6) is 0 Å². The molecule has 2 heteroatoms. The molecule has 1 nitrogen and oxygen atoms in total. The van der Waals surface area contributed by atoms with Crippen molar-refractivity contribution in [2.75, 3.05) is 0 Å². The van der Waals surface area contributed by atoms with Crippen molar-refractivity contribution in [3.8, 4) is 6.07 Å². The van der Waals surface area contributed by atoms with E-state index in [1.807, 2.05) is 0 Å². The normalized spacial score (nSPS) is 11.1. The van der Waals surface area contributed by atoms with Gasteiger partial charge >= 0.3 is 0 Å². The molecular formula is C6H13NSi. The Kier molecular flexibility index (Phi) is 2.78. The maximum atomic E-state index is 8.20. The average Bonchev–Trinajstić information content (AvgIpc) is 1.59. The summed E-state index contributed by atoms with van der Waals surface area (Å²) in [5, 5.41) is 8.66. The number of nitrogens with zero attached hydrogens (tertiary/aromatic N) is 1. The predicted molar refractivity (Wildman–Crippen MR) is 38.8 cm³/mol. The molecule has 0 unspecified atom stereocenters. The lowest BCUT2D eigenvalue weighted by molar-refractivity contribution is 0.624. The number of rotatable bonds is 2. The minimum Gasteiger partial charge on any atom is -0.198 e. The molecule has 0 atom stereocenters. The molecule has 0 heterocycles. The summed E-state index contributed by atoms with van der Waals surface area (Å²) >= 11 is 0. The van der Waals surface area contributed by atoms with Crippen molar-refractivity contribution in [2.45, 2.75) is 31.7 Å². The van der Waals surface area contributed by atoms with Crippen molar-refractivity contribution in [1.29, 1.82) is 5.26 Å². The third kappa shape index (κ3) is 5.71. The first-order valence-electron chi connectivity index (χ1n) is 2.93. The maximum Gasteiger partial charge on any atom is 0.0621 e. The SMILES string of the molecule is CC(C)([SiH3])CCC#N. The monoisotopic (exact) mass is 127 g/mol. The van der Waals surface area contributed by atoms with Crippen LogP contribution in [0.15, 0.2) is 0 Å². The number of hydrogen-bond donors (Lipinski definition) is 0. The van der Waals surface area contributed by atoms with E-state index in [1.54, 1.807) is 0 Å². The number of hydrogen-bond acceptors (Lipinski definition) is 1. The lowest BCUT2D eigenvalue weighted by Crippen LogP contribution is -2.00. The fourth-order valence-corrected chi connectivity index (χ4v) is 0.681. The van der Waals surface area contributed by atoms with Crippen LogP contribution in [0.25, 0.3) is 0 Å². The van der Waals surface area contributed by atoms with E-state index < -0.39 is 0 Å². The molecule has 0 bridgehead atoms. The van der Waals surface area contributed by atoms with Gasteiger partial charge in [-0.1, -0.05) is 13.8 Å². The minimum atomic E-state index is 0.468. The summed E-state index contributed by atoms with van der Waals surface area (Å²) in [5.74, 6) is 0. The van der Waals surface area contributed by atoms with Crippen LogP contribution in [0.3, 0.4) is 0 Å². The first-order valence-corrected chi connectivity index (χ1v) is 3.93. The zero-order valence-corrected chi connectivity index (χ0v) is 7.86. The summed E-state index contributed by atoms with van der Waals surface area (Å²) in [7, 11) is 1.19. The van der Waals surface area contributed by atoms with Crippen LogP contribution >= 0.6 is 0 Å². The molecule has 0 rings (SSSR count). The summed E-state index contributed by atoms with van der Waals surface area (Å²) in [4.78, 5) is 0. The zero-order chi connectivity index (χ0) is 6.62. The van der Waals surface area contributed by atoms with Gasteiger partial charge in [-0.3, -0.25) is 0 Å². The highest BCUT2D eigenvalue weighted by Gasteiger charge is 2.07. The molecule has 0 aromatic heterocycles. The Balaban J connectivity index is 3.28. The molecule has 46 valence electrons. The largest absolute Gasteiger partial charge is 0.198 e. The van der Waals surface area contributed by atoms with Gasteiger partial charge in [0.2, 0.25) is 0 Å². The van der Waals surface area contributed by atoms with Gasteiger partial charge in [-0.25, -0.2) is 0 Å². The molecule has 0 saturated carbocycles. The molecule has 0 amide bonds. The molecule has 0 aliphatic rings. The highest BCUT2D eigenvalue weighted by Crippen LogP contribution is 2.24. The minimum absolute atomic E-state index is 0.468. The van der Waals surface area contributed by atoms with Crippen LogP contribution in [0, 0.1) is 11.3 Å². The Morgan fingerprint density at radius 3 is 2.25 bits per heavy atom. The highest BCUT2D eigenvalue weighted by atomic mass is 28.1. The first kappa shape index (κ1) is 7.71. The highest BCUT2D eigenvalue weighted by molar-refractivity contribution is 6.14. The van der Waals surface area contributed by atoms with Gasteiger partial charge in [-0.2, -0.15) is 5.26 Å². The van der Waals surface area contributed by atoms with Crippen molar-refractivity contribution in [3.05, 3.63) is 0 Å². The second-order valence-electron chi connectivity index (χ2n) is 3.22. The van der Waals surface area contributed by atoms with Crippen LogP contribution in [0.2, 0.25) is 5.04 Å². The first-order chi connectivity index (χ1) is 3.56. The molecule has 0 saturated heterocycles. The lowest BCUT2D eigenvalue weighted by atomic mass is 10.1. The molecule has 0 fully saturated rings. The third-order valence-electron chi connectivity index (χ3n) is 0.987. The third-order valence-corrected chi connectivity index (χ3v) is 1.49. The van der Waals surface area contributed by atoms with E-state index >= 15 is 0 Å². The van der Waals surface area contributed by atoms with E-state index in [0.717, 1.165) is 12.8 Å². The van der Waals surface area contributed by atoms with Gasteiger partial charge in [0.1, 0.15) is 0 Å². The molecule has 0 N–H and O–H groups in total. The molecule has 0 aromatic carbocycles. The van der Waals surface area contributed by atoms with Crippen LogP contribution in [0.1, 0.15) is 26.7 Å². The smallest absolute Gasteiger partial charge is 0.0621 e. The molecule has 8 heavy (non-hydrogen) atoms. The zero-order valence-electron chi connectivity index (χ0n) is 5.86. The van der Waals surface area contributed by atoms with E-state index in [-0.39, 0.29) is 0 Å². The Labute approximate surface area is 54.1 Å². The summed E-state index contributed by atoms with van der Waals surface area (Å²) < 4.78 is 0. The number of nitriles is 1. The summed E-state index contributed by atoms with van der Waals surface area (Å²) in [5.41, 5.74) is 0. The van der Waals surface area contributed by atoms with Crippen molar-refractivity contribution in [2.24, 2.45) is 0 Å². The summed E-state index contributed by atoms with van der Waals surface area (Å²) in [6.45, 7) is 4.41. The van der Waals surface area contributed by atoms with Gasteiger partial charge in [0, 0.05) is 16.7 Å². The van der Waals surface area contributed by atoms with Gasteiger partial charge in [0.15, 0.2) is 0 Å². The Morgan fingerprint density at radius 1 is 1.62 bits per heavy atom. The van der Waals surface area contributed by atoms with Crippen molar-refractivity contribution in [1.82, 2.24) is 0 Å². The van der Waals surface area contributed by atoms with E-state index in [1.165, 1.54) is 10.2 Å². The Morgan fingerprint density at radius 2 is 2.12 bits per heavy atom. The van der Waals surface area contributed by atoms with Crippen LogP contribution < -0.4 is 0 Å². The standard InChI is InChI=1S/C6H13NSi/c1-6(2,8)4-3-5-7/h3-4H2,1-2,8H3. The van der Waals surface area contributed by atoms with Gasteiger partial charge in [0.05, 0.1) is 6.07 Å². The van der Waals surface area contributed by atoms with Crippen molar-refractivity contribution >= 4 is 10.2 Å². The quantitative estimate of drug-likeness (QED) is 0.505. The lowest BCUT2D eigenvalue weighted by Gasteiger charge is -2.14. The fraction of sp³-hybridized carbons (Fsp3) is 0.833. The van der Waals surface area contributed by atoms with Crippen molar-refractivity contribution in [3.63, 3.8) is 0 Å². The molecule has 0 radical (unpaired) electrons. The maximum absolute atomic E-state index is 8.20. The fourth-order valence-electron chi connectivity index (χ4n) is 0.431. The van der Waals surface area contributed by atoms with Crippen LogP contribution in [0.4, 0.5) is 0 Å². The van der Waals surface area contributed by atoms with E-state index in [4.69, 9.17) is 5.26 Å². The second-order valence-corrected chi connectivity index (χ2v) is 5.93. The van der Waals surface area contributed by atoms with Gasteiger partial charge in [-0.15, -0.1) is 0 Å². The summed E-state index contributed by atoms with van der Waals surface area (Å²) in [6.07, 6.45) is 1.78. The topological polar surface area (TPSA) is 23.8 Å². The van der Waals surface area contributed by atoms with Gasteiger partial charge in [0.25, 0.3) is 0 Å². The average molecular weight is 127 g/mol. The second kappa shape index (κ2) is 2.88. The van der Waals surface area contributed by atoms with E-state index in [2.05, 4.69) is 19.9 Å². The molecule has 0 aromatic rings. The molecule has 0 aliphatic heterocycles. The van der Waals surface area contributed by atoms with Crippen molar-refractivity contribution < 1.29 is 0 Å². The van der Waals surface area contributed by atoms with E-state index in [9.17, 15) is 0 Å². The van der Waals surface area contributed by atoms with Gasteiger partial charge < -0.3 is 0 Å². The molecular weight excluding hydrogens is 114 g/mol. The summed E-state index contributed by atoms with van der Waals surface area (Å²) in [6, 6.07) is 2.15. The van der Waals surface area contributed by atoms with Crippen LogP contribution in [-0.4, -0.2) is 10.2 Å². The molecule has 0 aliphatic carbocycles. The Hall–Kier alpha value is -0.293.